The molecule has 4 rings (SSSR count). The molecule has 0 aliphatic heterocycles. The molecule has 4 heteroatoms. The first-order valence-corrected chi connectivity index (χ1v) is 7.57. The van der Waals surface area contributed by atoms with Crippen molar-refractivity contribution in [2.45, 2.75) is 6.54 Å². The second-order valence-corrected chi connectivity index (χ2v) is 5.28. The summed E-state index contributed by atoms with van der Waals surface area (Å²) >= 11 is 0. The highest BCUT2D eigenvalue weighted by Gasteiger charge is 2.11. The Balaban J connectivity index is 1.76. The lowest BCUT2D eigenvalue weighted by molar-refractivity contribution is 0.916. The van der Waals surface area contributed by atoms with Gasteiger partial charge in [0, 0.05) is 23.8 Å². The smallest absolute Gasteiger partial charge is 0.133 e. The molecule has 0 aliphatic rings. The minimum atomic E-state index is 0.646. The normalized spacial score (nSPS) is 10.8. The van der Waals surface area contributed by atoms with E-state index in [0.29, 0.717) is 6.54 Å². The number of hydrogen-bond acceptors (Lipinski definition) is 3. The first-order chi connectivity index (χ1) is 11.4. The zero-order valence-corrected chi connectivity index (χ0v) is 12.6. The minimum Gasteiger partial charge on any atom is -0.378 e. The second kappa shape index (κ2) is 5.93. The number of aromatic nitrogens is 3. The number of pyridine rings is 1. The average Bonchev–Trinajstić information content (AvgIpc) is 3.00. The van der Waals surface area contributed by atoms with E-state index < -0.39 is 0 Å². The molecule has 4 aromatic rings. The van der Waals surface area contributed by atoms with E-state index >= 15 is 0 Å². The molecule has 4 nitrogen and oxygen atoms in total. The van der Waals surface area contributed by atoms with Crippen LogP contribution in [0.5, 0.6) is 0 Å². The Morgan fingerprint density at radius 2 is 1.57 bits per heavy atom. The highest BCUT2D eigenvalue weighted by molar-refractivity contribution is 5.78. The Morgan fingerprint density at radius 3 is 2.39 bits per heavy atom. The van der Waals surface area contributed by atoms with Crippen LogP contribution >= 0.6 is 0 Å². The van der Waals surface area contributed by atoms with Crippen LogP contribution in [-0.4, -0.2) is 14.5 Å². The molecule has 0 bridgehead atoms. The quantitative estimate of drug-likeness (QED) is 0.618. The standard InChI is InChI=1S/C19H16N4/c1-2-6-16(7-3-1)23-18-9-5-4-8-17(18)22-19(23)14-21-15-10-12-20-13-11-15/h1-13H,14H2,(H,20,21). The molecule has 0 fully saturated rings. The van der Waals surface area contributed by atoms with Gasteiger partial charge in [0.25, 0.3) is 0 Å². The van der Waals surface area contributed by atoms with Crippen molar-refractivity contribution in [1.29, 1.82) is 0 Å². The highest BCUT2D eigenvalue weighted by atomic mass is 15.1. The van der Waals surface area contributed by atoms with Gasteiger partial charge in [-0.05, 0) is 36.4 Å². The highest BCUT2D eigenvalue weighted by Crippen LogP contribution is 2.22. The van der Waals surface area contributed by atoms with Crippen LogP contribution in [0.4, 0.5) is 5.69 Å². The van der Waals surface area contributed by atoms with E-state index in [4.69, 9.17) is 4.98 Å². The maximum Gasteiger partial charge on any atom is 0.133 e. The van der Waals surface area contributed by atoms with Gasteiger partial charge in [-0.15, -0.1) is 0 Å². The predicted octanol–water partition coefficient (Wildman–Crippen LogP) is 4.03. The zero-order valence-electron chi connectivity index (χ0n) is 12.6. The van der Waals surface area contributed by atoms with Crippen molar-refractivity contribution in [3.8, 4) is 5.69 Å². The number of benzene rings is 2. The van der Waals surface area contributed by atoms with E-state index in [1.807, 2.05) is 48.5 Å². The molecule has 2 aromatic carbocycles. The molecule has 23 heavy (non-hydrogen) atoms. The maximum absolute atomic E-state index is 4.79. The second-order valence-electron chi connectivity index (χ2n) is 5.28. The molecule has 0 saturated heterocycles. The van der Waals surface area contributed by atoms with Gasteiger partial charge in [-0.25, -0.2) is 4.98 Å². The van der Waals surface area contributed by atoms with Crippen LogP contribution in [0.15, 0.2) is 79.1 Å². The van der Waals surface area contributed by atoms with E-state index in [9.17, 15) is 0 Å². The van der Waals surface area contributed by atoms with E-state index in [1.165, 1.54) is 0 Å². The summed E-state index contributed by atoms with van der Waals surface area (Å²) in [6.07, 6.45) is 3.56. The number of imidazole rings is 1. The fourth-order valence-corrected chi connectivity index (χ4v) is 2.71. The summed E-state index contributed by atoms with van der Waals surface area (Å²) < 4.78 is 2.20. The molecular weight excluding hydrogens is 284 g/mol. The molecule has 2 heterocycles. The Labute approximate surface area is 134 Å². The van der Waals surface area contributed by atoms with Crippen molar-refractivity contribution in [1.82, 2.24) is 14.5 Å². The summed E-state index contributed by atoms with van der Waals surface area (Å²) in [4.78, 5) is 8.83. The van der Waals surface area contributed by atoms with Crippen LogP contribution in [0.3, 0.4) is 0 Å². The maximum atomic E-state index is 4.79. The van der Waals surface area contributed by atoms with Gasteiger partial charge < -0.3 is 5.32 Å². The Morgan fingerprint density at radius 1 is 0.826 bits per heavy atom. The van der Waals surface area contributed by atoms with E-state index in [2.05, 4.69) is 33.1 Å². The van der Waals surface area contributed by atoms with E-state index in [0.717, 1.165) is 28.2 Å². The molecule has 0 atom stereocenters. The van der Waals surface area contributed by atoms with Crippen molar-refractivity contribution in [2.75, 3.05) is 5.32 Å². The Bertz CT molecular complexity index is 914. The van der Waals surface area contributed by atoms with Gasteiger partial charge in [0.2, 0.25) is 0 Å². The minimum absolute atomic E-state index is 0.646. The number of rotatable bonds is 4. The number of para-hydroxylation sites is 3. The molecule has 0 amide bonds. The number of anilines is 1. The van der Waals surface area contributed by atoms with Crippen molar-refractivity contribution in [3.05, 3.63) is 84.9 Å². The van der Waals surface area contributed by atoms with Gasteiger partial charge in [-0.1, -0.05) is 30.3 Å². The Kier molecular flexibility index (Phi) is 3.48. The molecular formula is C19H16N4. The zero-order chi connectivity index (χ0) is 15.5. The fraction of sp³-hybridized carbons (Fsp3) is 0.0526. The number of fused-ring (bicyclic) bond motifs is 1. The molecule has 2 aromatic heterocycles. The topological polar surface area (TPSA) is 42.7 Å². The molecule has 1 N–H and O–H groups in total. The first-order valence-electron chi connectivity index (χ1n) is 7.57. The summed E-state index contributed by atoms with van der Waals surface area (Å²) in [5.41, 5.74) is 4.27. The van der Waals surface area contributed by atoms with Gasteiger partial charge in [0.15, 0.2) is 0 Å². The van der Waals surface area contributed by atoms with Crippen molar-refractivity contribution >= 4 is 16.7 Å². The third kappa shape index (κ3) is 2.66. The number of hydrogen-bond donors (Lipinski definition) is 1. The van der Waals surface area contributed by atoms with Crippen molar-refractivity contribution in [3.63, 3.8) is 0 Å². The van der Waals surface area contributed by atoms with Crippen LogP contribution in [0.25, 0.3) is 16.7 Å². The SMILES string of the molecule is c1ccc(-n2c(CNc3ccncc3)nc3ccccc32)cc1. The third-order valence-corrected chi connectivity index (χ3v) is 3.78. The Hall–Kier alpha value is -3.14. The largest absolute Gasteiger partial charge is 0.378 e. The molecule has 0 spiro atoms. The van der Waals surface area contributed by atoms with E-state index in [-0.39, 0.29) is 0 Å². The van der Waals surface area contributed by atoms with Crippen molar-refractivity contribution < 1.29 is 0 Å². The summed E-state index contributed by atoms with van der Waals surface area (Å²) in [5.74, 6) is 0.981. The summed E-state index contributed by atoms with van der Waals surface area (Å²) in [7, 11) is 0. The van der Waals surface area contributed by atoms with Crippen LogP contribution < -0.4 is 5.32 Å². The molecule has 0 aliphatic carbocycles. The summed E-state index contributed by atoms with van der Waals surface area (Å²) in [6, 6.07) is 22.4. The van der Waals surface area contributed by atoms with Gasteiger partial charge in [0.1, 0.15) is 5.82 Å². The lowest BCUT2D eigenvalue weighted by Crippen LogP contribution is -2.07. The van der Waals surface area contributed by atoms with Crippen LogP contribution in [0.2, 0.25) is 0 Å². The lowest BCUT2D eigenvalue weighted by Gasteiger charge is -2.10. The summed E-state index contributed by atoms with van der Waals surface area (Å²) in [5, 5.41) is 3.41. The monoisotopic (exact) mass is 300 g/mol. The van der Waals surface area contributed by atoms with Gasteiger partial charge in [-0.3, -0.25) is 9.55 Å². The summed E-state index contributed by atoms with van der Waals surface area (Å²) in [6.45, 7) is 0.646. The van der Waals surface area contributed by atoms with Crippen LogP contribution in [-0.2, 0) is 6.54 Å². The fourth-order valence-electron chi connectivity index (χ4n) is 2.71. The van der Waals surface area contributed by atoms with Gasteiger partial charge in [0.05, 0.1) is 17.6 Å². The van der Waals surface area contributed by atoms with Gasteiger partial charge in [-0.2, -0.15) is 0 Å². The van der Waals surface area contributed by atoms with Crippen molar-refractivity contribution in [2.24, 2.45) is 0 Å². The first kappa shape index (κ1) is 13.5. The van der Waals surface area contributed by atoms with Gasteiger partial charge >= 0.3 is 0 Å². The molecule has 0 radical (unpaired) electrons. The van der Waals surface area contributed by atoms with Crippen LogP contribution in [0, 0.1) is 0 Å². The number of nitrogens with one attached hydrogen (secondary N) is 1. The third-order valence-electron chi connectivity index (χ3n) is 3.78. The molecule has 112 valence electrons. The van der Waals surface area contributed by atoms with Crippen LogP contribution in [0.1, 0.15) is 5.82 Å². The molecule has 0 saturated carbocycles. The molecule has 0 unspecified atom stereocenters. The average molecular weight is 300 g/mol. The lowest BCUT2D eigenvalue weighted by atomic mass is 10.3. The number of nitrogens with zero attached hydrogens (tertiary/aromatic N) is 3. The van der Waals surface area contributed by atoms with E-state index in [1.54, 1.807) is 12.4 Å². The predicted molar refractivity (Wildman–Crippen MR) is 92.6 cm³/mol.